The Kier molecular flexibility index (Phi) is 4.15. The number of carbonyl (C=O) groups excluding carboxylic acids is 1. The Balaban J connectivity index is 1.95. The van der Waals surface area contributed by atoms with E-state index in [1.807, 2.05) is 29.2 Å². The molecule has 0 saturated heterocycles. The predicted molar refractivity (Wildman–Crippen MR) is 83.5 cm³/mol. The van der Waals surface area contributed by atoms with Crippen LogP contribution in [-0.4, -0.2) is 34.5 Å². The van der Waals surface area contributed by atoms with Crippen LogP contribution >= 0.6 is 11.6 Å². The first-order valence-corrected chi connectivity index (χ1v) is 7.65. The molecule has 1 aliphatic heterocycles. The molecule has 3 rings (SSSR count). The van der Waals surface area contributed by atoms with Crippen LogP contribution in [0.3, 0.4) is 0 Å². The molecule has 0 spiro atoms. The molecule has 0 aliphatic carbocycles. The minimum absolute atomic E-state index is 0.0507. The molecule has 1 aliphatic rings. The molecule has 0 radical (unpaired) electrons. The molecule has 2 heterocycles. The van der Waals surface area contributed by atoms with Crippen LogP contribution < -0.4 is 5.32 Å². The van der Waals surface area contributed by atoms with Crippen molar-refractivity contribution in [3.63, 3.8) is 0 Å². The third-order valence-corrected chi connectivity index (χ3v) is 3.97. The zero-order valence-corrected chi connectivity index (χ0v) is 12.5. The van der Waals surface area contributed by atoms with Crippen molar-refractivity contribution in [2.45, 2.75) is 12.6 Å². The average molecular weight is 304 g/mol. The van der Waals surface area contributed by atoms with Crippen molar-refractivity contribution in [2.24, 2.45) is 0 Å². The van der Waals surface area contributed by atoms with Gasteiger partial charge in [-0.2, -0.15) is 0 Å². The summed E-state index contributed by atoms with van der Waals surface area (Å²) in [5.74, 6) is 0.423. The molecular formula is C16H18ClN3O. The van der Waals surface area contributed by atoms with Crippen molar-refractivity contribution in [3.05, 3.63) is 59.9 Å². The lowest BCUT2D eigenvalue weighted by Gasteiger charge is -2.37. The molecule has 4 nitrogen and oxygen atoms in total. The van der Waals surface area contributed by atoms with Gasteiger partial charge in [0.05, 0.1) is 6.04 Å². The molecule has 0 unspecified atom stereocenters. The van der Waals surface area contributed by atoms with Gasteiger partial charge in [-0.1, -0.05) is 30.3 Å². The summed E-state index contributed by atoms with van der Waals surface area (Å²) in [7, 11) is 0. The fourth-order valence-corrected chi connectivity index (χ4v) is 2.94. The van der Waals surface area contributed by atoms with Gasteiger partial charge in [0.2, 0.25) is 0 Å². The van der Waals surface area contributed by atoms with Crippen LogP contribution in [0.1, 0.15) is 17.3 Å². The fraction of sp³-hybridized carbons (Fsp3) is 0.312. The Labute approximate surface area is 129 Å². The van der Waals surface area contributed by atoms with Gasteiger partial charge in [0.1, 0.15) is 0 Å². The van der Waals surface area contributed by atoms with E-state index in [4.69, 9.17) is 11.6 Å². The van der Waals surface area contributed by atoms with E-state index in [2.05, 4.69) is 34.3 Å². The lowest BCUT2D eigenvalue weighted by Crippen LogP contribution is -2.47. The normalized spacial score (nSPS) is 17.4. The van der Waals surface area contributed by atoms with Crippen LogP contribution in [0.15, 0.2) is 48.7 Å². The van der Waals surface area contributed by atoms with Crippen molar-refractivity contribution in [3.8, 4) is 0 Å². The lowest BCUT2D eigenvalue weighted by atomic mass is 10.0. The number of hydrogen-bond donors (Lipinski definition) is 1. The molecule has 1 aromatic carbocycles. The number of benzene rings is 1. The van der Waals surface area contributed by atoms with Gasteiger partial charge < -0.3 is 14.8 Å². The predicted octanol–water partition coefficient (Wildman–Crippen LogP) is 2.84. The van der Waals surface area contributed by atoms with E-state index in [0.29, 0.717) is 19.0 Å². The van der Waals surface area contributed by atoms with Crippen molar-refractivity contribution < 1.29 is 4.79 Å². The van der Waals surface area contributed by atoms with Crippen molar-refractivity contribution in [1.29, 1.82) is 0 Å². The second-order valence-electron chi connectivity index (χ2n) is 5.05. The number of halogens is 1. The highest BCUT2D eigenvalue weighted by molar-refractivity contribution is 6.18. The van der Waals surface area contributed by atoms with E-state index in [-0.39, 0.29) is 12.1 Å². The number of hydrogen-bond acceptors (Lipinski definition) is 1. The molecular weight excluding hydrogens is 286 g/mol. The molecule has 0 saturated carbocycles. The number of amides is 2. The quantitative estimate of drug-likeness (QED) is 0.870. The van der Waals surface area contributed by atoms with Gasteiger partial charge >= 0.3 is 6.03 Å². The lowest BCUT2D eigenvalue weighted by molar-refractivity contribution is 0.169. The summed E-state index contributed by atoms with van der Waals surface area (Å²) in [5.41, 5.74) is 2.27. The van der Waals surface area contributed by atoms with E-state index in [1.165, 1.54) is 0 Å². The van der Waals surface area contributed by atoms with Gasteiger partial charge in [-0.05, 0) is 17.7 Å². The molecule has 2 amide bonds. The number of nitrogens with one attached hydrogen (secondary N) is 1. The molecule has 21 heavy (non-hydrogen) atoms. The molecule has 0 fully saturated rings. The highest BCUT2D eigenvalue weighted by atomic mass is 35.5. The summed E-state index contributed by atoms with van der Waals surface area (Å²) in [6.45, 7) is 1.99. The number of carbonyl (C=O) groups is 1. The number of fused-ring (bicyclic) bond motifs is 1. The third-order valence-electron chi connectivity index (χ3n) is 3.79. The summed E-state index contributed by atoms with van der Waals surface area (Å²) >= 11 is 5.66. The standard InChI is InChI=1S/C16H18ClN3O/c17-8-9-18-16(21)20-12-11-19-10-4-7-14(19)15(20)13-5-2-1-3-6-13/h1-7,10,15H,8-9,11-12H2,(H,18,21)/t15-/m0/s1. The first-order chi connectivity index (χ1) is 10.3. The third kappa shape index (κ3) is 2.76. The fourth-order valence-electron chi connectivity index (χ4n) is 2.84. The monoisotopic (exact) mass is 303 g/mol. The molecule has 0 bridgehead atoms. The average Bonchev–Trinajstić information content (AvgIpc) is 3.01. The van der Waals surface area contributed by atoms with Crippen molar-refractivity contribution >= 4 is 17.6 Å². The highest BCUT2D eigenvalue weighted by Gasteiger charge is 2.31. The Morgan fingerprint density at radius 3 is 2.76 bits per heavy atom. The maximum Gasteiger partial charge on any atom is 0.318 e. The zero-order chi connectivity index (χ0) is 14.7. The van der Waals surface area contributed by atoms with Crippen LogP contribution in [0.4, 0.5) is 4.79 Å². The summed E-state index contributed by atoms with van der Waals surface area (Å²) in [6, 6.07) is 14.1. The van der Waals surface area contributed by atoms with E-state index >= 15 is 0 Å². The molecule has 110 valence electrons. The minimum Gasteiger partial charge on any atom is -0.348 e. The van der Waals surface area contributed by atoms with Gasteiger partial charge in [-0.3, -0.25) is 0 Å². The summed E-state index contributed by atoms with van der Waals surface area (Å²) in [5, 5.41) is 2.87. The Bertz CT molecular complexity index is 611. The summed E-state index contributed by atoms with van der Waals surface area (Å²) < 4.78 is 2.21. The highest BCUT2D eigenvalue weighted by Crippen LogP contribution is 2.32. The van der Waals surface area contributed by atoms with Crippen LogP contribution in [0.5, 0.6) is 0 Å². The second-order valence-corrected chi connectivity index (χ2v) is 5.43. The number of urea groups is 1. The number of nitrogens with zero attached hydrogens (tertiary/aromatic N) is 2. The Hall–Kier alpha value is -1.94. The largest absolute Gasteiger partial charge is 0.348 e. The smallest absolute Gasteiger partial charge is 0.318 e. The van der Waals surface area contributed by atoms with Crippen LogP contribution in [-0.2, 0) is 6.54 Å². The molecule has 5 heteroatoms. The first kappa shape index (κ1) is 14.0. The summed E-state index contributed by atoms with van der Waals surface area (Å²) in [6.07, 6.45) is 2.07. The van der Waals surface area contributed by atoms with Crippen molar-refractivity contribution in [1.82, 2.24) is 14.8 Å². The molecule has 1 N–H and O–H groups in total. The topological polar surface area (TPSA) is 37.3 Å². The van der Waals surface area contributed by atoms with Crippen LogP contribution in [0, 0.1) is 0 Å². The van der Waals surface area contributed by atoms with Crippen LogP contribution in [0.25, 0.3) is 0 Å². The molecule has 1 aromatic heterocycles. The van der Waals surface area contributed by atoms with Crippen LogP contribution in [0.2, 0.25) is 0 Å². The summed E-state index contributed by atoms with van der Waals surface area (Å²) in [4.78, 5) is 14.3. The SMILES string of the molecule is O=C(NCCCl)N1CCn2cccc2[C@@H]1c1ccccc1. The minimum atomic E-state index is -0.0584. The Morgan fingerprint density at radius 1 is 1.19 bits per heavy atom. The van der Waals surface area contributed by atoms with Gasteiger partial charge in [-0.15, -0.1) is 11.6 Å². The Morgan fingerprint density at radius 2 is 2.00 bits per heavy atom. The number of aromatic nitrogens is 1. The van der Waals surface area contributed by atoms with Gasteiger partial charge in [0, 0.05) is 37.4 Å². The maximum atomic E-state index is 12.4. The second kappa shape index (κ2) is 6.22. The zero-order valence-electron chi connectivity index (χ0n) is 11.7. The van der Waals surface area contributed by atoms with Gasteiger partial charge in [0.25, 0.3) is 0 Å². The van der Waals surface area contributed by atoms with Gasteiger partial charge in [0.15, 0.2) is 0 Å². The van der Waals surface area contributed by atoms with E-state index < -0.39 is 0 Å². The maximum absolute atomic E-state index is 12.4. The van der Waals surface area contributed by atoms with Crippen molar-refractivity contribution in [2.75, 3.05) is 19.0 Å². The first-order valence-electron chi connectivity index (χ1n) is 7.11. The van der Waals surface area contributed by atoms with E-state index in [1.54, 1.807) is 0 Å². The number of alkyl halides is 1. The number of rotatable bonds is 3. The van der Waals surface area contributed by atoms with Gasteiger partial charge in [-0.25, -0.2) is 4.79 Å². The molecule has 1 atom stereocenters. The van der Waals surface area contributed by atoms with E-state index in [9.17, 15) is 4.79 Å². The van der Waals surface area contributed by atoms with E-state index in [0.717, 1.165) is 17.8 Å². The molecule has 2 aromatic rings.